The number of nitrogens with zero attached hydrogens (tertiary/aromatic N) is 4. The maximum Gasteiger partial charge on any atom is 0.317 e. The molecule has 0 bridgehead atoms. The normalized spacial score (nSPS) is 22.1. The molecule has 138 valence electrons. The summed E-state index contributed by atoms with van der Waals surface area (Å²) >= 11 is 0. The Morgan fingerprint density at radius 3 is 2.84 bits per heavy atom. The average molecular weight is 349 g/mol. The fourth-order valence-electron chi connectivity index (χ4n) is 3.65. The summed E-state index contributed by atoms with van der Waals surface area (Å²) in [4.78, 5) is 22.5. The number of rotatable bonds is 4. The van der Waals surface area contributed by atoms with Gasteiger partial charge in [0.15, 0.2) is 11.6 Å². The second kappa shape index (κ2) is 8.47. The molecule has 0 spiro atoms. The predicted molar refractivity (Wildman–Crippen MR) is 96.2 cm³/mol. The third-order valence-corrected chi connectivity index (χ3v) is 5.05. The Labute approximate surface area is 149 Å². The van der Waals surface area contributed by atoms with Gasteiger partial charge in [0, 0.05) is 52.0 Å². The first-order valence-electron chi connectivity index (χ1n) is 9.24. The first-order valence-corrected chi connectivity index (χ1v) is 9.24. The van der Waals surface area contributed by atoms with Crippen molar-refractivity contribution in [1.82, 2.24) is 20.1 Å². The van der Waals surface area contributed by atoms with Crippen molar-refractivity contribution in [1.29, 1.82) is 0 Å². The Morgan fingerprint density at radius 1 is 1.32 bits per heavy atom. The minimum Gasteiger partial charge on any atom is -0.351 e. The van der Waals surface area contributed by atoms with Crippen molar-refractivity contribution in [3.63, 3.8) is 0 Å². The van der Waals surface area contributed by atoms with Crippen molar-refractivity contribution >= 4 is 11.8 Å². The van der Waals surface area contributed by atoms with Crippen LogP contribution in [0.5, 0.6) is 0 Å². The second-order valence-electron chi connectivity index (χ2n) is 7.06. The maximum absolute atomic E-state index is 13.8. The third kappa shape index (κ3) is 4.81. The van der Waals surface area contributed by atoms with Gasteiger partial charge in [-0.15, -0.1) is 0 Å². The quantitative estimate of drug-likeness (QED) is 0.900. The molecular weight excluding hydrogens is 321 g/mol. The summed E-state index contributed by atoms with van der Waals surface area (Å²) in [5, 5.41) is 3.02. The minimum atomic E-state index is -0.309. The Hall–Kier alpha value is -1.89. The molecule has 2 aliphatic rings. The summed E-state index contributed by atoms with van der Waals surface area (Å²) in [5.41, 5.74) is 0. The number of aromatic nitrogens is 1. The number of piperazine rings is 1. The number of nitrogens with one attached hydrogen (secondary N) is 1. The van der Waals surface area contributed by atoms with E-state index in [0.29, 0.717) is 38.5 Å². The Morgan fingerprint density at radius 2 is 2.12 bits per heavy atom. The van der Waals surface area contributed by atoms with Crippen LogP contribution in [0.25, 0.3) is 0 Å². The number of hydrogen-bond acceptors (Lipinski definition) is 4. The standard InChI is InChI=1S/C18H28FN5O/c1-15-4-3-8-22(14-15)9-7-21-18(25)24-12-10-23(11-13-24)17-16(19)5-2-6-20-17/h2,5-6,15H,3-4,7-14H2,1H3,(H,21,25). The highest BCUT2D eigenvalue weighted by Crippen LogP contribution is 2.17. The number of likely N-dealkylation sites (tertiary alicyclic amines) is 1. The molecule has 0 aliphatic carbocycles. The van der Waals surface area contributed by atoms with Gasteiger partial charge < -0.3 is 20.0 Å². The Kier molecular flexibility index (Phi) is 6.07. The van der Waals surface area contributed by atoms with E-state index in [1.165, 1.54) is 18.9 Å². The van der Waals surface area contributed by atoms with E-state index >= 15 is 0 Å². The number of halogens is 1. The van der Waals surface area contributed by atoms with Crippen LogP contribution < -0.4 is 10.2 Å². The van der Waals surface area contributed by atoms with Gasteiger partial charge in [-0.2, -0.15) is 0 Å². The number of piperidine rings is 1. The second-order valence-corrected chi connectivity index (χ2v) is 7.06. The lowest BCUT2D eigenvalue weighted by atomic mass is 10.0. The van der Waals surface area contributed by atoms with E-state index in [2.05, 4.69) is 22.1 Å². The Balaban J connectivity index is 1.39. The molecule has 0 aromatic carbocycles. The van der Waals surface area contributed by atoms with Crippen LogP contribution >= 0.6 is 0 Å². The molecule has 2 amide bonds. The monoisotopic (exact) mass is 349 g/mol. The van der Waals surface area contributed by atoms with Gasteiger partial charge in [0.05, 0.1) is 0 Å². The molecule has 2 aliphatic heterocycles. The molecule has 1 N–H and O–H groups in total. The lowest BCUT2D eigenvalue weighted by molar-refractivity contribution is 0.175. The summed E-state index contributed by atoms with van der Waals surface area (Å²) in [7, 11) is 0. The van der Waals surface area contributed by atoms with Gasteiger partial charge in [-0.25, -0.2) is 14.2 Å². The van der Waals surface area contributed by atoms with E-state index < -0.39 is 0 Å². The highest BCUT2D eigenvalue weighted by atomic mass is 19.1. The molecule has 2 saturated heterocycles. The molecule has 25 heavy (non-hydrogen) atoms. The summed E-state index contributed by atoms with van der Waals surface area (Å²) in [6, 6.07) is 2.99. The highest BCUT2D eigenvalue weighted by Gasteiger charge is 2.23. The minimum absolute atomic E-state index is 0.0220. The Bertz CT molecular complexity index is 576. The molecule has 1 aromatic rings. The third-order valence-electron chi connectivity index (χ3n) is 5.05. The summed E-state index contributed by atoms with van der Waals surface area (Å²) in [6.45, 7) is 8.52. The van der Waals surface area contributed by atoms with Gasteiger partial charge in [0.2, 0.25) is 0 Å². The van der Waals surface area contributed by atoms with Gasteiger partial charge >= 0.3 is 6.03 Å². The molecule has 6 nitrogen and oxygen atoms in total. The number of amides is 2. The van der Waals surface area contributed by atoms with Crippen LogP contribution in [-0.2, 0) is 0 Å². The van der Waals surface area contributed by atoms with Crippen molar-refractivity contribution in [3.8, 4) is 0 Å². The highest BCUT2D eigenvalue weighted by molar-refractivity contribution is 5.74. The maximum atomic E-state index is 13.8. The van der Waals surface area contributed by atoms with Crippen LogP contribution in [0.3, 0.4) is 0 Å². The topological polar surface area (TPSA) is 51.7 Å². The van der Waals surface area contributed by atoms with Crippen molar-refractivity contribution in [2.45, 2.75) is 19.8 Å². The van der Waals surface area contributed by atoms with Crippen LogP contribution in [0.2, 0.25) is 0 Å². The van der Waals surface area contributed by atoms with Crippen LogP contribution in [0.4, 0.5) is 15.0 Å². The molecule has 3 rings (SSSR count). The summed E-state index contributed by atoms with van der Waals surface area (Å²) in [6.07, 6.45) is 4.16. The molecule has 7 heteroatoms. The zero-order chi connectivity index (χ0) is 17.6. The van der Waals surface area contributed by atoms with E-state index in [1.54, 1.807) is 17.2 Å². The summed E-state index contributed by atoms with van der Waals surface area (Å²) < 4.78 is 13.8. The number of hydrogen-bond donors (Lipinski definition) is 1. The van der Waals surface area contributed by atoms with Crippen LogP contribution in [0, 0.1) is 11.7 Å². The fraction of sp³-hybridized carbons (Fsp3) is 0.667. The number of carbonyl (C=O) groups excluding carboxylic acids is 1. The van der Waals surface area contributed by atoms with E-state index in [0.717, 1.165) is 25.6 Å². The summed E-state index contributed by atoms with van der Waals surface area (Å²) in [5.74, 6) is 0.822. The van der Waals surface area contributed by atoms with Crippen molar-refractivity contribution in [2.24, 2.45) is 5.92 Å². The number of pyridine rings is 1. The number of anilines is 1. The van der Waals surface area contributed by atoms with Gasteiger partial charge in [0.25, 0.3) is 0 Å². The lowest BCUT2D eigenvalue weighted by Crippen LogP contribution is -2.53. The van der Waals surface area contributed by atoms with Crippen LogP contribution in [-0.4, -0.2) is 73.2 Å². The zero-order valence-corrected chi connectivity index (χ0v) is 15.0. The smallest absolute Gasteiger partial charge is 0.317 e. The first kappa shape index (κ1) is 17.9. The average Bonchev–Trinajstić information content (AvgIpc) is 2.62. The van der Waals surface area contributed by atoms with Crippen LogP contribution in [0.1, 0.15) is 19.8 Å². The molecule has 1 atom stereocenters. The van der Waals surface area contributed by atoms with Gasteiger partial charge in [0.1, 0.15) is 0 Å². The molecule has 3 heterocycles. The van der Waals surface area contributed by atoms with Crippen molar-refractivity contribution < 1.29 is 9.18 Å². The lowest BCUT2D eigenvalue weighted by Gasteiger charge is -2.35. The van der Waals surface area contributed by atoms with Gasteiger partial charge in [-0.05, 0) is 37.4 Å². The fourth-order valence-corrected chi connectivity index (χ4v) is 3.65. The van der Waals surface area contributed by atoms with E-state index in [-0.39, 0.29) is 11.8 Å². The molecule has 1 aromatic heterocycles. The van der Waals surface area contributed by atoms with Crippen molar-refractivity contribution in [2.75, 3.05) is 57.3 Å². The largest absolute Gasteiger partial charge is 0.351 e. The molecule has 0 saturated carbocycles. The SMILES string of the molecule is CC1CCCN(CCNC(=O)N2CCN(c3ncccc3F)CC2)C1. The zero-order valence-electron chi connectivity index (χ0n) is 15.0. The van der Waals surface area contributed by atoms with Gasteiger partial charge in [-0.3, -0.25) is 0 Å². The van der Waals surface area contributed by atoms with Crippen molar-refractivity contribution in [3.05, 3.63) is 24.1 Å². The number of carbonyl (C=O) groups is 1. The van der Waals surface area contributed by atoms with E-state index in [9.17, 15) is 9.18 Å². The van der Waals surface area contributed by atoms with E-state index in [4.69, 9.17) is 0 Å². The van der Waals surface area contributed by atoms with E-state index in [1.807, 2.05) is 4.90 Å². The van der Waals surface area contributed by atoms with Crippen LogP contribution in [0.15, 0.2) is 18.3 Å². The molecule has 2 fully saturated rings. The molecular formula is C18H28FN5O. The number of urea groups is 1. The van der Waals surface area contributed by atoms with Gasteiger partial charge in [-0.1, -0.05) is 6.92 Å². The first-order chi connectivity index (χ1) is 12.1. The molecule has 1 unspecified atom stereocenters. The predicted octanol–water partition coefficient (Wildman–Crippen LogP) is 1.78. The molecule has 0 radical (unpaired) electrons.